The van der Waals surface area contributed by atoms with Gasteiger partial charge in [0.2, 0.25) is 0 Å². The van der Waals surface area contributed by atoms with E-state index in [1.165, 1.54) is 6.07 Å². The second-order valence-electron chi connectivity index (χ2n) is 9.81. The Kier molecular flexibility index (Phi) is 7.21. The lowest BCUT2D eigenvalue weighted by atomic mass is 9.78. The number of anilines is 3. The minimum atomic E-state index is -5.14. The monoisotopic (exact) mass is 533 g/mol. The summed E-state index contributed by atoms with van der Waals surface area (Å²) in [6.45, 7) is 5.58. The number of ketones is 1. The van der Waals surface area contributed by atoms with Crippen LogP contribution in [-0.4, -0.2) is 31.0 Å². The van der Waals surface area contributed by atoms with Gasteiger partial charge in [-0.25, -0.2) is 0 Å². The quantitative estimate of drug-likeness (QED) is 0.384. The van der Waals surface area contributed by atoms with E-state index in [2.05, 4.69) is 10.2 Å². The molecule has 3 aromatic rings. The van der Waals surface area contributed by atoms with E-state index in [0.717, 1.165) is 29.2 Å². The number of amides is 1. The highest BCUT2D eigenvalue weighted by molar-refractivity contribution is 6.07. The summed E-state index contributed by atoms with van der Waals surface area (Å²) in [5, 5.41) is 3.26. The molecule has 1 heterocycles. The molecular weight excluding hydrogens is 503 g/mol. The maximum Gasteiger partial charge on any atom is 0.471 e. The summed E-state index contributed by atoms with van der Waals surface area (Å²) >= 11 is 0. The molecule has 1 amide bonds. The van der Waals surface area contributed by atoms with Crippen LogP contribution in [0, 0.1) is 0 Å². The lowest BCUT2D eigenvalue weighted by Gasteiger charge is -2.35. The third kappa shape index (κ3) is 5.03. The molecule has 0 unspecified atom stereocenters. The maximum atomic E-state index is 14.1. The molecule has 0 fully saturated rings. The van der Waals surface area contributed by atoms with Crippen molar-refractivity contribution in [3.05, 3.63) is 101 Å². The molecule has 3 aromatic carbocycles. The van der Waals surface area contributed by atoms with Gasteiger partial charge in [0.1, 0.15) is 0 Å². The Morgan fingerprint density at radius 3 is 2.18 bits per heavy atom. The predicted molar refractivity (Wildman–Crippen MR) is 147 cm³/mol. The number of benzene rings is 3. The topological polar surface area (TPSA) is 52.7 Å². The van der Waals surface area contributed by atoms with E-state index < -0.39 is 18.1 Å². The van der Waals surface area contributed by atoms with Gasteiger partial charge in [-0.05, 0) is 61.6 Å². The van der Waals surface area contributed by atoms with Gasteiger partial charge in [0.15, 0.2) is 5.78 Å². The zero-order chi connectivity index (χ0) is 27.7. The van der Waals surface area contributed by atoms with Crippen LogP contribution in [0.25, 0.3) is 0 Å². The fourth-order valence-electron chi connectivity index (χ4n) is 5.68. The number of Topliss-reactive ketones (excluding diaryl/α,β-unsaturated/α-hetero) is 1. The predicted octanol–water partition coefficient (Wildman–Crippen LogP) is 7.00. The number of hydrogen-bond acceptors (Lipinski definition) is 4. The maximum absolute atomic E-state index is 14.1. The number of rotatable bonds is 5. The van der Waals surface area contributed by atoms with Crippen molar-refractivity contribution < 1.29 is 22.8 Å². The van der Waals surface area contributed by atoms with Gasteiger partial charge < -0.3 is 10.2 Å². The second-order valence-corrected chi connectivity index (χ2v) is 9.81. The number of fused-ring (bicyclic) bond motifs is 1. The van der Waals surface area contributed by atoms with Gasteiger partial charge >= 0.3 is 12.1 Å². The molecule has 39 heavy (non-hydrogen) atoms. The van der Waals surface area contributed by atoms with Gasteiger partial charge in [-0.15, -0.1) is 0 Å². The Labute approximate surface area is 225 Å². The van der Waals surface area contributed by atoms with Gasteiger partial charge in [0.05, 0.1) is 17.4 Å². The average molecular weight is 534 g/mol. The SMILES string of the molecule is CCN(CC)c1ccc([C@H]2C3=C(C[C@H](c4ccccc4)CC3=O)Nc3ccccc3N2C(=O)C(F)(F)F)cc1. The summed E-state index contributed by atoms with van der Waals surface area (Å²) in [6.07, 6.45) is -4.56. The van der Waals surface area contributed by atoms with Crippen LogP contribution < -0.4 is 15.1 Å². The van der Waals surface area contributed by atoms with E-state index >= 15 is 0 Å². The van der Waals surface area contributed by atoms with Gasteiger partial charge in [-0.1, -0.05) is 54.6 Å². The van der Waals surface area contributed by atoms with E-state index in [0.29, 0.717) is 23.4 Å². The smallest absolute Gasteiger partial charge is 0.372 e. The first-order valence-corrected chi connectivity index (χ1v) is 13.1. The van der Waals surface area contributed by atoms with Crippen molar-refractivity contribution >= 4 is 28.8 Å². The molecule has 0 saturated heterocycles. The Hall–Kier alpha value is -4.07. The molecule has 2 atom stereocenters. The average Bonchev–Trinajstić information content (AvgIpc) is 3.08. The number of alkyl halides is 3. The molecule has 0 saturated carbocycles. The van der Waals surface area contributed by atoms with E-state index in [1.807, 2.05) is 56.3 Å². The van der Waals surface area contributed by atoms with Crippen LogP contribution in [-0.2, 0) is 9.59 Å². The largest absolute Gasteiger partial charge is 0.471 e. The zero-order valence-electron chi connectivity index (χ0n) is 21.8. The van der Waals surface area contributed by atoms with Crippen LogP contribution in [0.1, 0.15) is 49.8 Å². The lowest BCUT2D eigenvalue weighted by molar-refractivity contribution is -0.170. The summed E-state index contributed by atoms with van der Waals surface area (Å²) in [6, 6.07) is 21.9. The molecule has 2 aliphatic rings. The molecule has 0 radical (unpaired) electrons. The summed E-state index contributed by atoms with van der Waals surface area (Å²) in [5.41, 5.74) is 3.52. The number of halogens is 3. The third-order valence-electron chi connectivity index (χ3n) is 7.56. The van der Waals surface area contributed by atoms with E-state index in [-0.39, 0.29) is 29.4 Å². The van der Waals surface area contributed by atoms with Crippen LogP contribution in [0.3, 0.4) is 0 Å². The van der Waals surface area contributed by atoms with Gasteiger partial charge in [0, 0.05) is 36.5 Å². The first-order chi connectivity index (χ1) is 18.7. The minimum absolute atomic E-state index is 0.0797. The third-order valence-corrected chi connectivity index (χ3v) is 7.56. The number of para-hydroxylation sites is 2. The number of nitrogens with one attached hydrogen (secondary N) is 1. The number of carbonyl (C=O) groups excluding carboxylic acids is 2. The molecule has 8 heteroatoms. The van der Waals surface area contributed by atoms with Crippen molar-refractivity contribution in [1.82, 2.24) is 0 Å². The number of carbonyl (C=O) groups is 2. The van der Waals surface area contributed by atoms with Gasteiger partial charge in [-0.3, -0.25) is 14.5 Å². The Morgan fingerprint density at radius 2 is 1.54 bits per heavy atom. The molecule has 1 N–H and O–H groups in total. The minimum Gasteiger partial charge on any atom is -0.372 e. The summed E-state index contributed by atoms with van der Waals surface area (Å²) in [7, 11) is 0. The van der Waals surface area contributed by atoms with Crippen molar-refractivity contribution in [2.45, 2.75) is 44.8 Å². The first-order valence-electron chi connectivity index (χ1n) is 13.1. The van der Waals surface area contributed by atoms with Crippen molar-refractivity contribution in [2.75, 3.05) is 28.2 Å². The van der Waals surface area contributed by atoms with Crippen LogP contribution >= 0.6 is 0 Å². The number of allylic oxidation sites excluding steroid dienone is 1. The highest BCUT2D eigenvalue weighted by Gasteiger charge is 2.50. The Balaban J connectivity index is 1.71. The van der Waals surface area contributed by atoms with Crippen LogP contribution in [0.15, 0.2) is 90.1 Å². The van der Waals surface area contributed by atoms with Gasteiger partial charge in [0.25, 0.3) is 0 Å². The molecule has 202 valence electrons. The normalized spacial score (nSPS) is 19.1. The summed E-state index contributed by atoms with van der Waals surface area (Å²) in [4.78, 5) is 29.8. The fourth-order valence-corrected chi connectivity index (χ4v) is 5.68. The fraction of sp³-hybridized carbons (Fsp3) is 0.290. The Bertz CT molecular complexity index is 1400. The second kappa shape index (κ2) is 10.6. The standard InChI is InChI=1S/C31H30F3N3O2/c1-3-36(4-2)23-16-14-21(15-17-23)29-28-25(18-22(19-27(28)38)20-10-6-5-7-11-20)35-24-12-8-9-13-26(24)37(29)30(39)31(32,33)34/h5-17,22,29,35H,3-4,18-19H2,1-2H3/t22-,29-/m0/s1. The zero-order valence-corrected chi connectivity index (χ0v) is 21.8. The molecule has 0 aromatic heterocycles. The lowest BCUT2D eigenvalue weighted by Crippen LogP contribution is -2.45. The molecule has 0 bridgehead atoms. The van der Waals surface area contributed by atoms with Crippen molar-refractivity contribution in [3.63, 3.8) is 0 Å². The molecule has 1 aliphatic heterocycles. The van der Waals surface area contributed by atoms with E-state index in [9.17, 15) is 22.8 Å². The summed E-state index contributed by atoms with van der Waals surface area (Å²) in [5.74, 6) is -2.42. The van der Waals surface area contributed by atoms with Crippen LogP contribution in [0.2, 0.25) is 0 Å². The van der Waals surface area contributed by atoms with Crippen molar-refractivity contribution in [2.24, 2.45) is 0 Å². The number of hydrogen-bond donors (Lipinski definition) is 1. The number of nitrogens with zero attached hydrogens (tertiary/aromatic N) is 2. The van der Waals surface area contributed by atoms with Crippen LogP contribution in [0.4, 0.5) is 30.2 Å². The van der Waals surface area contributed by atoms with E-state index in [4.69, 9.17) is 0 Å². The van der Waals surface area contributed by atoms with Crippen molar-refractivity contribution in [3.8, 4) is 0 Å². The molecule has 1 aliphatic carbocycles. The molecule has 0 spiro atoms. The van der Waals surface area contributed by atoms with Gasteiger partial charge in [-0.2, -0.15) is 13.2 Å². The summed E-state index contributed by atoms with van der Waals surface area (Å²) < 4.78 is 42.3. The molecule has 5 rings (SSSR count). The highest BCUT2D eigenvalue weighted by Crippen LogP contribution is 2.48. The van der Waals surface area contributed by atoms with E-state index in [1.54, 1.807) is 30.3 Å². The molecule has 5 nitrogen and oxygen atoms in total. The highest BCUT2D eigenvalue weighted by atomic mass is 19.4. The van der Waals surface area contributed by atoms with Crippen LogP contribution in [0.5, 0.6) is 0 Å². The first kappa shape index (κ1) is 26.5. The Morgan fingerprint density at radius 1 is 0.897 bits per heavy atom. The van der Waals surface area contributed by atoms with Crippen molar-refractivity contribution in [1.29, 1.82) is 0 Å². The molecular formula is C31H30F3N3O2.